The molecule has 0 spiro atoms. The fraction of sp³-hybridized carbons (Fsp3) is 0.308. The van der Waals surface area contributed by atoms with Crippen molar-refractivity contribution in [1.29, 1.82) is 0 Å². The first-order valence-electron chi connectivity index (χ1n) is 5.18. The van der Waals surface area contributed by atoms with E-state index in [0.717, 1.165) is 4.90 Å². The van der Waals surface area contributed by atoms with E-state index in [1.54, 1.807) is 0 Å². The zero-order valence-corrected chi connectivity index (χ0v) is 10.4. The number of ether oxygens (including phenoxy) is 1. The third kappa shape index (κ3) is 5.03. The summed E-state index contributed by atoms with van der Waals surface area (Å²) in [7, 11) is 0. The fourth-order valence-electron chi connectivity index (χ4n) is 1.06. The standard InChI is InChI=1S/C13H16O2S/c1-3-4-9-15-13(14)10-16-12-7-5-11(2)6-8-12/h3-8H,9-10H2,1-2H3/b4-3+. The summed E-state index contributed by atoms with van der Waals surface area (Å²) in [6, 6.07) is 8.10. The largest absolute Gasteiger partial charge is 0.461 e. The van der Waals surface area contributed by atoms with E-state index in [2.05, 4.69) is 0 Å². The first kappa shape index (κ1) is 12.8. The van der Waals surface area contributed by atoms with Crippen LogP contribution in [-0.4, -0.2) is 18.3 Å². The number of hydrogen-bond donors (Lipinski definition) is 0. The van der Waals surface area contributed by atoms with Crippen molar-refractivity contribution in [3.05, 3.63) is 42.0 Å². The van der Waals surface area contributed by atoms with Crippen LogP contribution in [0.1, 0.15) is 12.5 Å². The molecule has 0 aliphatic heterocycles. The van der Waals surface area contributed by atoms with Gasteiger partial charge < -0.3 is 4.74 Å². The van der Waals surface area contributed by atoms with Crippen molar-refractivity contribution in [3.63, 3.8) is 0 Å². The van der Waals surface area contributed by atoms with Gasteiger partial charge in [-0.25, -0.2) is 0 Å². The molecule has 0 heterocycles. The Labute approximate surface area is 101 Å². The van der Waals surface area contributed by atoms with Gasteiger partial charge in [-0.15, -0.1) is 11.8 Å². The third-order valence-electron chi connectivity index (χ3n) is 1.95. The topological polar surface area (TPSA) is 26.3 Å². The number of benzene rings is 1. The number of rotatable bonds is 5. The minimum atomic E-state index is -0.177. The molecule has 0 saturated carbocycles. The molecule has 1 aromatic carbocycles. The summed E-state index contributed by atoms with van der Waals surface area (Å²) in [6.07, 6.45) is 3.68. The van der Waals surface area contributed by atoms with Crippen molar-refractivity contribution in [2.24, 2.45) is 0 Å². The number of carbonyl (C=O) groups excluding carboxylic acids is 1. The first-order valence-corrected chi connectivity index (χ1v) is 6.17. The fourth-order valence-corrected chi connectivity index (χ4v) is 1.75. The lowest BCUT2D eigenvalue weighted by molar-refractivity contribution is -0.139. The van der Waals surface area contributed by atoms with Gasteiger partial charge in [0.2, 0.25) is 0 Å². The number of carbonyl (C=O) groups is 1. The van der Waals surface area contributed by atoms with Gasteiger partial charge in [0.05, 0.1) is 5.75 Å². The van der Waals surface area contributed by atoms with Crippen molar-refractivity contribution in [2.75, 3.05) is 12.4 Å². The Morgan fingerprint density at radius 1 is 1.38 bits per heavy atom. The summed E-state index contributed by atoms with van der Waals surface area (Å²) in [4.78, 5) is 12.4. The molecule has 0 amide bonds. The van der Waals surface area contributed by atoms with Gasteiger partial charge in [0.1, 0.15) is 6.61 Å². The zero-order valence-electron chi connectivity index (χ0n) is 9.60. The van der Waals surface area contributed by atoms with Gasteiger partial charge in [-0.1, -0.05) is 29.8 Å². The Morgan fingerprint density at radius 3 is 2.69 bits per heavy atom. The molecule has 1 aromatic rings. The highest BCUT2D eigenvalue weighted by Gasteiger charge is 2.02. The zero-order chi connectivity index (χ0) is 11.8. The molecule has 1 rings (SSSR count). The van der Waals surface area contributed by atoms with Gasteiger partial charge in [0.25, 0.3) is 0 Å². The minimum absolute atomic E-state index is 0.177. The van der Waals surface area contributed by atoms with Gasteiger partial charge in [-0.05, 0) is 26.0 Å². The highest BCUT2D eigenvalue weighted by atomic mass is 32.2. The highest BCUT2D eigenvalue weighted by molar-refractivity contribution is 8.00. The van der Waals surface area contributed by atoms with Crippen LogP contribution in [0.25, 0.3) is 0 Å². The number of thioether (sulfide) groups is 1. The molecule has 0 aliphatic rings. The minimum Gasteiger partial charge on any atom is -0.461 e. The lowest BCUT2D eigenvalue weighted by Crippen LogP contribution is -2.06. The maximum absolute atomic E-state index is 11.3. The van der Waals surface area contributed by atoms with E-state index in [4.69, 9.17) is 4.74 Å². The van der Waals surface area contributed by atoms with Gasteiger partial charge in [-0.3, -0.25) is 4.79 Å². The summed E-state index contributed by atoms with van der Waals surface area (Å²) in [6.45, 7) is 4.30. The second kappa shape index (κ2) is 7.12. The normalized spacial score (nSPS) is 10.6. The molecule has 0 unspecified atom stereocenters. The summed E-state index contributed by atoms with van der Waals surface area (Å²) in [5.41, 5.74) is 1.22. The average Bonchev–Trinajstić information content (AvgIpc) is 2.29. The summed E-state index contributed by atoms with van der Waals surface area (Å²) in [5, 5.41) is 0. The predicted octanol–water partition coefficient (Wildman–Crippen LogP) is 3.21. The lowest BCUT2D eigenvalue weighted by atomic mass is 10.2. The predicted molar refractivity (Wildman–Crippen MR) is 67.7 cm³/mol. The molecule has 0 N–H and O–H groups in total. The van der Waals surface area contributed by atoms with E-state index in [1.807, 2.05) is 50.3 Å². The van der Waals surface area contributed by atoms with E-state index in [-0.39, 0.29) is 5.97 Å². The van der Waals surface area contributed by atoms with E-state index >= 15 is 0 Å². The van der Waals surface area contributed by atoms with Gasteiger partial charge in [-0.2, -0.15) is 0 Å². The molecule has 0 aliphatic carbocycles. The Morgan fingerprint density at radius 2 is 2.06 bits per heavy atom. The van der Waals surface area contributed by atoms with Crippen LogP contribution < -0.4 is 0 Å². The summed E-state index contributed by atoms with van der Waals surface area (Å²) < 4.78 is 4.98. The van der Waals surface area contributed by atoms with Crippen LogP contribution in [0.15, 0.2) is 41.3 Å². The van der Waals surface area contributed by atoms with Crippen LogP contribution in [0.3, 0.4) is 0 Å². The smallest absolute Gasteiger partial charge is 0.316 e. The van der Waals surface area contributed by atoms with Crippen molar-refractivity contribution >= 4 is 17.7 Å². The molecule has 16 heavy (non-hydrogen) atoms. The van der Waals surface area contributed by atoms with Gasteiger partial charge in [0.15, 0.2) is 0 Å². The van der Waals surface area contributed by atoms with E-state index < -0.39 is 0 Å². The quantitative estimate of drug-likeness (QED) is 0.446. The Balaban J connectivity index is 2.28. The van der Waals surface area contributed by atoms with Crippen LogP contribution >= 0.6 is 11.8 Å². The Hall–Kier alpha value is -1.22. The van der Waals surface area contributed by atoms with E-state index in [9.17, 15) is 4.79 Å². The summed E-state index contributed by atoms with van der Waals surface area (Å²) >= 11 is 1.50. The van der Waals surface area contributed by atoms with E-state index in [1.165, 1.54) is 17.3 Å². The number of allylic oxidation sites excluding steroid dienone is 1. The van der Waals surface area contributed by atoms with Crippen LogP contribution in [0.5, 0.6) is 0 Å². The molecule has 0 bridgehead atoms. The molecule has 0 radical (unpaired) electrons. The highest BCUT2D eigenvalue weighted by Crippen LogP contribution is 2.18. The van der Waals surface area contributed by atoms with Crippen LogP contribution in [-0.2, 0) is 9.53 Å². The molecule has 2 nitrogen and oxygen atoms in total. The second-order valence-corrected chi connectivity index (χ2v) is 4.40. The van der Waals surface area contributed by atoms with Crippen molar-refractivity contribution in [2.45, 2.75) is 18.7 Å². The number of esters is 1. The molecule has 0 fully saturated rings. The Bertz CT molecular complexity index is 355. The molecule has 3 heteroatoms. The number of aryl methyl sites for hydroxylation is 1. The van der Waals surface area contributed by atoms with Gasteiger partial charge >= 0.3 is 5.97 Å². The average molecular weight is 236 g/mol. The van der Waals surface area contributed by atoms with Crippen LogP contribution in [0, 0.1) is 6.92 Å². The maximum atomic E-state index is 11.3. The van der Waals surface area contributed by atoms with Crippen molar-refractivity contribution < 1.29 is 9.53 Å². The van der Waals surface area contributed by atoms with Crippen molar-refractivity contribution in [3.8, 4) is 0 Å². The van der Waals surface area contributed by atoms with Gasteiger partial charge in [0, 0.05) is 4.90 Å². The van der Waals surface area contributed by atoms with Crippen LogP contribution in [0.2, 0.25) is 0 Å². The molecule has 0 atom stereocenters. The number of hydrogen-bond acceptors (Lipinski definition) is 3. The van der Waals surface area contributed by atoms with Crippen molar-refractivity contribution in [1.82, 2.24) is 0 Å². The molecule has 86 valence electrons. The first-order chi connectivity index (χ1) is 7.72. The molecule has 0 saturated heterocycles. The summed E-state index contributed by atoms with van der Waals surface area (Å²) in [5.74, 6) is 0.185. The van der Waals surface area contributed by atoms with Crippen LogP contribution in [0.4, 0.5) is 0 Å². The Kier molecular flexibility index (Phi) is 5.72. The maximum Gasteiger partial charge on any atom is 0.316 e. The SMILES string of the molecule is C/C=C/COC(=O)CSc1ccc(C)cc1. The molecule has 0 aromatic heterocycles. The molecular weight excluding hydrogens is 220 g/mol. The second-order valence-electron chi connectivity index (χ2n) is 3.35. The molecular formula is C13H16O2S. The third-order valence-corrected chi connectivity index (χ3v) is 2.94. The lowest BCUT2D eigenvalue weighted by Gasteiger charge is -2.02. The van der Waals surface area contributed by atoms with E-state index in [0.29, 0.717) is 12.4 Å². The monoisotopic (exact) mass is 236 g/mol.